The molecule has 3 rings (SSSR count). The van der Waals surface area contributed by atoms with Gasteiger partial charge in [-0.25, -0.2) is 0 Å². The molecule has 2 aromatic rings. The third-order valence-electron chi connectivity index (χ3n) is 4.30. The first-order valence-corrected chi connectivity index (χ1v) is 8.15. The third-order valence-corrected chi connectivity index (χ3v) is 4.30. The lowest BCUT2D eigenvalue weighted by atomic mass is 9.85. The molecule has 2 aromatic carbocycles. The Bertz CT molecular complexity index is 737. The second kappa shape index (κ2) is 7.17. The number of rotatable bonds is 5. The van der Waals surface area contributed by atoms with Gasteiger partial charge < -0.3 is 16.4 Å². The van der Waals surface area contributed by atoms with E-state index in [1.165, 1.54) is 0 Å². The normalized spacial score (nSPS) is 13.8. The standard InChI is InChI=1S/C19H21N3O2/c20-16-9-7-15(8-10-16)18(23)21-12-13-3-1-6-17(11-13)22-19(24)14-4-2-5-14/h1,3,6-11,14H,2,4-5,12,20H2,(H,21,23)(H,22,24). The minimum absolute atomic E-state index is 0.0873. The van der Waals surface area contributed by atoms with Gasteiger partial charge in [-0.1, -0.05) is 18.6 Å². The molecule has 1 fully saturated rings. The van der Waals surface area contributed by atoms with E-state index in [2.05, 4.69) is 10.6 Å². The highest BCUT2D eigenvalue weighted by Gasteiger charge is 2.25. The molecule has 5 heteroatoms. The maximum absolute atomic E-state index is 12.1. The van der Waals surface area contributed by atoms with Crippen molar-refractivity contribution >= 4 is 23.2 Å². The van der Waals surface area contributed by atoms with E-state index in [1.807, 2.05) is 24.3 Å². The molecule has 2 amide bonds. The Balaban J connectivity index is 1.57. The van der Waals surface area contributed by atoms with Crippen molar-refractivity contribution in [2.45, 2.75) is 25.8 Å². The quantitative estimate of drug-likeness (QED) is 0.740. The molecule has 0 unspecified atom stereocenters. The lowest BCUT2D eigenvalue weighted by molar-refractivity contribution is -0.122. The van der Waals surface area contributed by atoms with Gasteiger partial charge >= 0.3 is 0 Å². The van der Waals surface area contributed by atoms with Crippen LogP contribution in [-0.2, 0) is 11.3 Å². The maximum Gasteiger partial charge on any atom is 0.251 e. The van der Waals surface area contributed by atoms with Crippen LogP contribution in [0.4, 0.5) is 11.4 Å². The molecule has 0 heterocycles. The number of hydrogen-bond donors (Lipinski definition) is 3. The third kappa shape index (κ3) is 3.93. The van der Waals surface area contributed by atoms with Crippen LogP contribution in [0.25, 0.3) is 0 Å². The number of benzene rings is 2. The van der Waals surface area contributed by atoms with Gasteiger partial charge in [0.15, 0.2) is 0 Å². The molecule has 1 aliphatic carbocycles. The molecule has 0 radical (unpaired) electrons. The molecule has 124 valence electrons. The fourth-order valence-electron chi connectivity index (χ4n) is 2.59. The molecule has 24 heavy (non-hydrogen) atoms. The summed E-state index contributed by atoms with van der Waals surface area (Å²) in [5.41, 5.74) is 8.52. The molecule has 0 bridgehead atoms. The van der Waals surface area contributed by atoms with Crippen LogP contribution in [-0.4, -0.2) is 11.8 Å². The molecule has 0 saturated heterocycles. The fourth-order valence-corrected chi connectivity index (χ4v) is 2.59. The molecule has 0 aromatic heterocycles. The van der Waals surface area contributed by atoms with Crippen LogP contribution in [0.3, 0.4) is 0 Å². The van der Waals surface area contributed by atoms with Gasteiger partial charge in [0.2, 0.25) is 5.91 Å². The highest BCUT2D eigenvalue weighted by Crippen LogP contribution is 2.27. The molecule has 1 aliphatic rings. The van der Waals surface area contributed by atoms with Gasteiger partial charge in [-0.15, -0.1) is 0 Å². The summed E-state index contributed by atoms with van der Waals surface area (Å²) >= 11 is 0. The summed E-state index contributed by atoms with van der Waals surface area (Å²) in [4.78, 5) is 24.1. The highest BCUT2D eigenvalue weighted by molar-refractivity contribution is 5.94. The molecular weight excluding hydrogens is 302 g/mol. The smallest absolute Gasteiger partial charge is 0.251 e. The maximum atomic E-state index is 12.1. The monoisotopic (exact) mass is 323 g/mol. The number of carbonyl (C=O) groups is 2. The predicted molar refractivity (Wildman–Crippen MR) is 94.4 cm³/mol. The summed E-state index contributed by atoms with van der Waals surface area (Å²) in [5, 5.41) is 5.81. The SMILES string of the molecule is Nc1ccc(C(=O)NCc2cccc(NC(=O)C3CCC3)c2)cc1. The fraction of sp³-hybridized carbons (Fsp3) is 0.263. The van der Waals surface area contributed by atoms with E-state index in [0.29, 0.717) is 17.8 Å². The van der Waals surface area contributed by atoms with E-state index in [9.17, 15) is 9.59 Å². The minimum atomic E-state index is -0.154. The summed E-state index contributed by atoms with van der Waals surface area (Å²) < 4.78 is 0. The molecule has 0 aliphatic heterocycles. The Kier molecular flexibility index (Phi) is 4.79. The predicted octanol–water partition coefficient (Wildman–Crippen LogP) is 2.94. The Hall–Kier alpha value is -2.82. The molecule has 1 saturated carbocycles. The minimum Gasteiger partial charge on any atom is -0.399 e. The highest BCUT2D eigenvalue weighted by atomic mass is 16.2. The summed E-state index contributed by atoms with van der Waals surface area (Å²) in [5.74, 6) is 0.0853. The average Bonchev–Trinajstić information content (AvgIpc) is 2.52. The summed E-state index contributed by atoms with van der Waals surface area (Å²) in [6, 6.07) is 14.3. The topological polar surface area (TPSA) is 84.2 Å². The van der Waals surface area contributed by atoms with Crippen LogP contribution >= 0.6 is 0 Å². The van der Waals surface area contributed by atoms with Crippen LogP contribution in [0.5, 0.6) is 0 Å². The van der Waals surface area contributed by atoms with Gasteiger partial charge in [0.1, 0.15) is 0 Å². The summed E-state index contributed by atoms with van der Waals surface area (Å²) in [6.07, 6.45) is 3.08. The van der Waals surface area contributed by atoms with Crippen molar-refractivity contribution in [3.63, 3.8) is 0 Å². The van der Waals surface area contributed by atoms with Crippen molar-refractivity contribution in [1.82, 2.24) is 5.32 Å². The first-order valence-electron chi connectivity index (χ1n) is 8.15. The largest absolute Gasteiger partial charge is 0.399 e. The molecular formula is C19H21N3O2. The van der Waals surface area contributed by atoms with Crippen molar-refractivity contribution in [3.8, 4) is 0 Å². The number of amides is 2. The molecule has 0 spiro atoms. The first-order chi connectivity index (χ1) is 11.6. The lowest BCUT2D eigenvalue weighted by Gasteiger charge is -2.24. The Labute approximate surface area is 141 Å². The molecule has 5 nitrogen and oxygen atoms in total. The Morgan fingerprint density at radius 2 is 1.83 bits per heavy atom. The van der Waals surface area contributed by atoms with E-state index in [0.717, 1.165) is 30.5 Å². The first kappa shape index (κ1) is 16.1. The van der Waals surface area contributed by atoms with Gasteiger partial charge in [0, 0.05) is 29.4 Å². The van der Waals surface area contributed by atoms with Crippen LogP contribution in [0.15, 0.2) is 48.5 Å². The van der Waals surface area contributed by atoms with Gasteiger partial charge in [-0.2, -0.15) is 0 Å². The average molecular weight is 323 g/mol. The molecule has 4 N–H and O–H groups in total. The van der Waals surface area contributed by atoms with Crippen molar-refractivity contribution in [2.24, 2.45) is 5.92 Å². The number of anilines is 2. The van der Waals surface area contributed by atoms with Crippen molar-refractivity contribution < 1.29 is 9.59 Å². The van der Waals surface area contributed by atoms with Crippen LogP contribution in [0, 0.1) is 5.92 Å². The van der Waals surface area contributed by atoms with E-state index in [-0.39, 0.29) is 17.7 Å². The zero-order valence-electron chi connectivity index (χ0n) is 13.4. The van der Waals surface area contributed by atoms with Crippen LogP contribution in [0.1, 0.15) is 35.2 Å². The van der Waals surface area contributed by atoms with Crippen molar-refractivity contribution in [3.05, 3.63) is 59.7 Å². The van der Waals surface area contributed by atoms with E-state index < -0.39 is 0 Å². The van der Waals surface area contributed by atoms with Crippen LogP contribution < -0.4 is 16.4 Å². The van der Waals surface area contributed by atoms with Gasteiger partial charge in [-0.3, -0.25) is 9.59 Å². The van der Waals surface area contributed by atoms with E-state index in [4.69, 9.17) is 5.73 Å². The van der Waals surface area contributed by atoms with E-state index >= 15 is 0 Å². The lowest BCUT2D eigenvalue weighted by Crippen LogP contribution is -2.28. The number of nitrogens with one attached hydrogen (secondary N) is 2. The molecule has 0 atom stereocenters. The number of nitrogens with two attached hydrogens (primary N) is 1. The van der Waals surface area contributed by atoms with Crippen molar-refractivity contribution in [2.75, 3.05) is 11.1 Å². The van der Waals surface area contributed by atoms with Gasteiger partial charge in [0.25, 0.3) is 5.91 Å². The zero-order chi connectivity index (χ0) is 16.9. The van der Waals surface area contributed by atoms with Gasteiger partial charge in [0.05, 0.1) is 0 Å². The number of hydrogen-bond acceptors (Lipinski definition) is 3. The summed E-state index contributed by atoms with van der Waals surface area (Å²) in [6.45, 7) is 0.399. The number of nitrogen functional groups attached to an aromatic ring is 1. The Morgan fingerprint density at radius 1 is 1.08 bits per heavy atom. The second-order valence-electron chi connectivity index (χ2n) is 6.12. The van der Waals surface area contributed by atoms with E-state index in [1.54, 1.807) is 24.3 Å². The van der Waals surface area contributed by atoms with Crippen molar-refractivity contribution in [1.29, 1.82) is 0 Å². The summed E-state index contributed by atoms with van der Waals surface area (Å²) in [7, 11) is 0. The zero-order valence-corrected chi connectivity index (χ0v) is 13.4. The number of carbonyl (C=O) groups excluding carboxylic acids is 2. The van der Waals surface area contributed by atoms with Gasteiger partial charge in [-0.05, 0) is 54.8 Å². The van der Waals surface area contributed by atoms with Crippen LogP contribution in [0.2, 0.25) is 0 Å². The second-order valence-corrected chi connectivity index (χ2v) is 6.12. The Morgan fingerprint density at radius 3 is 2.50 bits per heavy atom.